The van der Waals surface area contributed by atoms with E-state index in [1.54, 1.807) is 0 Å². The Morgan fingerprint density at radius 3 is 2.43 bits per heavy atom. The average molecular weight is 324 g/mol. The molecule has 1 aromatic carbocycles. The lowest BCUT2D eigenvalue weighted by Gasteiger charge is -2.09. The molecule has 0 radical (unpaired) electrons. The molecule has 1 heterocycles. The summed E-state index contributed by atoms with van der Waals surface area (Å²) in [6.07, 6.45) is -2.96. The number of nitrogens with zero attached hydrogens (tertiary/aromatic N) is 1. The molecule has 122 valence electrons. The molecule has 23 heavy (non-hydrogen) atoms. The first-order chi connectivity index (χ1) is 10.8. The van der Waals surface area contributed by atoms with Gasteiger partial charge in [0.15, 0.2) is 6.61 Å². The monoisotopic (exact) mass is 324 g/mol. The molecule has 1 N–H and O–H groups in total. The van der Waals surface area contributed by atoms with Gasteiger partial charge in [0.05, 0.1) is 18.3 Å². The number of ether oxygens (including phenoxy) is 1. The Morgan fingerprint density at radius 1 is 1.17 bits per heavy atom. The van der Waals surface area contributed by atoms with Crippen LogP contribution >= 0.6 is 0 Å². The molecule has 0 spiro atoms. The third-order valence-corrected chi connectivity index (χ3v) is 2.89. The predicted molar refractivity (Wildman–Crippen MR) is 79.3 cm³/mol. The van der Waals surface area contributed by atoms with E-state index in [1.807, 2.05) is 31.2 Å². The molecule has 0 bridgehead atoms. The fraction of sp³-hybridized carbons (Fsp3) is 0.250. The van der Waals surface area contributed by atoms with E-state index in [1.165, 1.54) is 18.3 Å². The Morgan fingerprint density at radius 2 is 1.87 bits per heavy atom. The van der Waals surface area contributed by atoms with Gasteiger partial charge in [-0.1, -0.05) is 29.8 Å². The van der Waals surface area contributed by atoms with Crippen LogP contribution in [-0.2, 0) is 11.2 Å². The number of carbonyl (C=O) groups is 1. The zero-order chi connectivity index (χ0) is 16.9. The normalized spacial score (nSPS) is 11.1. The Kier molecular flexibility index (Phi) is 5.20. The molecule has 2 rings (SSSR count). The van der Waals surface area contributed by atoms with Crippen LogP contribution in [0.2, 0.25) is 0 Å². The molecule has 0 atom stereocenters. The molecule has 0 saturated carbocycles. The van der Waals surface area contributed by atoms with Crippen molar-refractivity contribution in [1.29, 1.82) is 0 Å². The van der Waals surface area contributed by atoms with Gasteiger partial charge in [0.1, 0.15) is 0 Å². The number of hydrogen-bond acceptors (Lipinski definition) is 3. The van der Waals surface area contributed by atoms with E-state index < -0.39 is 12.8 Å². The zero-order valence-electron chi connectivity index (χ0n) is 12.4. The van der Waals surface area contributed by atoms with Crippen molar-refractivity contribution >= 4 is 11.6 Å². The first-order valence-electron chi connectivity index (χ1n) is 6.83. The van der Waals surface area contributed by atoms with Crippen LogP contribution in [0, 0.1) is 6.92 Å². The van der Waals surface area contributed by atoms with E-state index in [-0.39, 0.29) is 18.2 Å². The maximum atomic E-state index is 12.0. The third-order valence-electron chi connectivity index (χ3n) is 2.89. The smallest absolute Gasteiger partial charge is 0.422 e. The Bertz CT molecular complexity index is 653. The Balaban J connectivity index is 1.87. The summed E-state index contributed by atoms with van der Waals surface area (Å²) in [4.78, 5) is 15.6. The van der Waals surface area contributed by atoms with Gasteiger partial charge in [-0.3, -0.25) is 4.79 Å². The minimum absolute atomic E-state index is 0.154. The highest BCUT2D eigenvalue weighted by Crippen LogP contribution is 2.18. The van der Waals surface area contributed by atoms with Crippen LogP contribution in [0.15, 0.2) is 42.6 Å². The number of rotatable bonds is 5. The summed E-state index contributed by atoms with van der Waals surface area (Å²) >= 11 is 0. The van der Waals surface area contributed by atoms with Crippen molar-refractivity contribution in [2.75, 3.05) is 11.9 Å². The zero-order valence-corrected chi connectivity index (χ0v) is 12.4. The molecule has 1 aromatic heterocycles. The van der Waals surface area contributed by atoms with E-state index >= 15 is 0 Å². The van der Waals surface area contributed by atoms with E-state index in [0.717, 1.165) is 11.1 Å². The van der Waals surface area contributed by atoms with E-state index in [9.17, 15) is 18.0 Å². The van der Waals surface area contributed by atoms with Crippen molar-refractivity contribution in [2.24, 2.45) is 0 Å². The summed E-state index contributed by atoms with van der Waals surface area (Å²) in [5.41, 5.74) is 2.36. The van der Waals surface area contributed by atoms with Crippen LogP contribution in [0.1, 0.15) is 11.1 Å². The highest BCUT2D eigenvalue weighted by atomic mass is 19.4. The van der Waals surface area contributed by atoms with Crippen molar-refractivity contribution in [2.45, 2.75) is 19.5 Å². The topological polar surface area (TPSA) is 51.2 Å². The maximum absolute atomic E-state index is 12.0. The van der Waals surface area contributed by atoms with Crippen molar-refractivity contribution < 1.29 is 22.7 Å². The number of alkyl halides is 3. The lowest BCUT2D eigenvalue weighted by Crippen LogP contribution is -2.19. The summed E-state index contributed by atoms with van der Waals surface area (Å²) < 4.78 is 40.5. The number of halogens is 3. The molecule has 0 aliphatic carbocycles. The molecule has 4 nitrogen and oxygen atoms in total. The summed E-state index contributed by atoms with van der Waals surface area (Å²) in [6.45, 7) is 0.553. The number of nitrogens with one attached hydrogen (secondary N) is 1. The van der Waals surface area contributed by atoms with Gasteiger partial charge < -0.3 is 10.1 Å². The molecular weight excluding hydrogens is 309 g/mol. The number of hydrogen-bond donors (Lipinski definition) is 1. The first-order valence-corrected chi connectivity index (χ1v) is 6.83. The highest BCUT2D eigenvalue weighted by Gasteiger charge is 2.28. The average Bonchev–Trinajstić information content (AvgIpc) is 2.48. The number of carbonyl (C=O) groups excluding carboxylic acids is 1. The molecule has 7 heteroatoms. The SMILES string of the molecule is Cc1ccc(CC(=O)Nc2ccc(OCC(F)(F)F)nc2)cc1. The lowest BCUT2D eigenvalue weighted by molar-refractivity contribution is -0.154. The fourth-order valence-electron chi connectivity index (χ4n) is 1.79. The van der Waals surface area contributed by atoms with Gasteiger partial charge in [-0.25, -0.2) is 4.98 Å². The number of amides is 1. The van der Waals surface area contributed by atoms with Crippen LogP contribution in [0.3, 0.4) is 0 Å². The fourth-order valence-corrected chi connectivity index (χ4v) is 1.79. The molecule has 0 saturated heterocycles. The van der Waals surface area contributed by atoms with Gasteiger partial charge in [0.25, 0.3) is 0 Å². The van der Waals surface area contributed by atoms with E-state index in [4.69, 9.17) is 0 Å². The second-order valence-electron chi connectivity index (χ2n) is 5.00. The molecule has 1 amide bonds. The highest BCUT2D eigenvalue weighted by molar-refractivity contribution is 5.92. The largest absolute Gasteiger partial charge is 0.468 e. The molecule has 0 aliphatic rings. The van der Waals surface area contributed by atoms with E-state index in [0.29, 0.717) is 5.69 Å². The van der Waals surface area contributed by atoms with Gasteiger partial charge in [-0.15, -0.1) is 0 Å². The molecule has 0 fully saturated rings. The van der Waals surface area contributed by atoms with Crippen LogP contribution in [0.4, 0.5) is 18.9 Å². The summed E-state index contributed by atoms with van der Waals surface area (Å²) in [6, 6.07) is 10.3. The predicted octanol–water partition coefficient (Wildman–Crippen LogP) is 3.51. The standard InChI is InChI=1S/C16H15F3N2O2/c1-11-2-4-12(5-3-11)8-14(22)21-13-6-7-15(20-9-13)23-10-16(17,18)19/h2-7,9H,8,10H2,1H3,(H,21,22). The number of aromatic nitrogens is 1. The maximum Gasteiger partial charge on any atom is 0.422 e. The van der Waals surface area contributed by atoms with Gasteiger partial charge in [0.2, 0.25) is 11.8 Å². The summed E-state index contributed by atoms with van der Waals surface area (Å²) in [5, 5.41) is 2.63. The van der Waals surface area contributed by atoms with Gasteiger partial charge in [-0.2, -0.15) is 13.2 Å². The first kappa shape index (κ1) is 16.8. The van der Waals surface area contributed by atoms with Crippen LogP contribution < -0.4 is 10.1 Å². The summed E-state index contributed by atoms with van der Waals surface area (Å²) in [7, 11) is 0. The molecule has 0 aliphatic heterocycles. The Hall–Kier alpha value is -2.57. The van der Waals surface area contributed by atoms with Crippen LogP contribution in [0.25, 0.3) is 0 Å². The summed E-state index contributed by atoms with van der Waals surface area (Å²) in [5.74, 6) is -0.390. The number of anilines is 1. The van der Waals surface area contributed by atoms with Gasteiger partial charge >= 0.3 is 6.18 Å². The van der Waals surface area contributed by atoms with Gasteiger partial charge in [-0.05, 0) is 18.6 Å². The van der Waals surface area contributed by atoms with Crippen molar-refractivity contribution in [3.8, 4) is 5.88 Å². The number of aryl methyl sites for hydroxylation is 1. The van der Waals surface area contributed by atoms with Crippen LogP contribution in [-0.4, -0.2) is 23.7 Å². The number of benzene rings is 1. The second kappa shape index (κ2) is 7.13. The van der Waals surface area contributed by atoms with Crippen molar-refractivity contribution in [3.63, 3.8) is 0 Å². The quantitative estimate of drug-likeness (QED) is 0.915. The van der Waals surface area contributed by atoms with E-state index in [2.05, 4.69) is 15.0 Å². The molecule has 0 unspecified atom stereocenters. The van der Waals surface area contributed by atoms with Gasteiger partial charge in [0, 0.05) is 6.07 Å². The van der Waals surface area contributed by atoms with Crippen LogP contribution in [0.5, 0.6) is 5.88 Å². The Labute approximate surface area is 131 Å². The minimum atomic E-state index is -4.41. The lowest BCUT2D eigenvalue weighted by atomic mass is 10.1. The molecular formula is C16H15F3N2O2. The third kappa shape index (κ3) is 5.98. The molecule has 2 aromatic rings. The van der Waals surface area contributed by atoms with Crippen molar-refractivity contribution in [1.82, 2.24) is 4.98 Å². The minimum Gasteiger partial charge on any atom is -0.468 e. The second-order valence-corrected chi connectivity index (χ2v) is 5.00. The van der Waals surface area contributed by atoms with Crippen molar-refractivity contribution in [3.05, 3.63) is 53.7 Å². The number of pyridine rings is 1.